The van der Waals surface area contributed by atoms with Crippen LogP contribution in [0, 0.1) is 0 Å². The minimum absolute atomic E-state index is 0.317. The zero-order valence-electron chi connectivity index (χ0n) is 7.53. The molecule has 0 N–H and O–H groups in total. The van der Waals surface area contributed by atoms with E-state index in [2.05, 4.69) is 0 Å². The molecule has 0 bridgehead atoms. The van der Waals surface area contributed by atoms with E-state index >= 15 is 0 Å². The van der Waals surface area contributed by atoms with E-state index in [0.717, 1.165) is 12.0 Å². The summed E-state index contributed by atoms with van der Waals surface area (Å²) in [4.78, 5) is 11.0. The van der Waals surface area contributed by atoms with Gasteiger partial charge in [-0.15, -0.1) is 0 Å². The second kappa shape index (κ2) is 5.19. The Morgan fingerprint density at radius 3 is 3.15 bits per heavy atom. The summed E-state index contributed by atoms with van der Waals surface area (Å²) < 4.78 is 9.66. The Hall–Kier alpha value is -1.51. The molecular formula is C10H12O3. The molecule has 13 heavy (non-hydrogen) atoms. The molecule has 0 saturated heterocycles. The molecule has 0 aliphatic rings. The zero-order valence-corrected chi connectivity index (χ0v) is 7.53. The molecule has 1 aromatic rings. The van der Waals surface area contributed by atoms with Crippen LogP contribution in [-0.4, -0.2) is 12.6 Å². The lowest BCUT2D eigenvalue weighted by molar-refractivity contribution is -0.137. The van der Waals surface area contributed by atoms with Crippen molar-refractivity contribution in [3.63, 3.8) is 0 Å². The van der Waals surface area contributed by atoms with E-state index in [1.807, 2.05) is 6.92 Å². The quantitative estimate of drug-likeness (QED) is 0.527. The second-order valence-electron chi connectivity index (χ2n) is 2.56. The van der Waals surface area contributed by atoms with Gasteiger partial charge in [-0.25, -0.2) is 4.79 Å². The molecule has 0 amide bonds. The van der Waals surface area contributed by atoms with Crippen molar-refractivity contribution in [3.8, 4) is 0 Å². The van der Waals surface area contributed by atoms with E-state index in [-0.39, 0.29) is 5.97 Å². The number of hydrogen-bond donors (Lipinski definition) is 0. The van der Waals surface area contributed by atoms with Gasteiger partial charge < -0.3 is 9.15 Å². The highest BCUT2D eigenvalue weighted by molar-refractivity contribution is 5.86. The van der Waals surface area contributed by atoms with Crippen LogP contribution in [0.3, 0.4) is 0 Å². The summed E-state index contributed by atoms with van der Waals surface area (Å²) in [5.41, 5.74) is 0.855. The van der Waals surface area contributed by atoms with E-state index in [0.29, 0.717) is 6.61 Å². The van der Waals surface area contributed by atoms with Crippen LogP contribution in [0.15, 0.2) is 29.1 Å². The maximum Gasteiger partial charge on any atom is 0.330 e. The Morgan fingerprint density at radius 1 is 1.69 bits per heavy atom. The fourth-order valence-corrected chi connectivity index (χ4v) is 0.785. The molecule has 1 rings (SSSR count). The SMILES string of the molecule is CCCOC(=O)C=Cc1ccoc1. The molecule has 0 aliphatic carbocycles. The number of hydrogen-bond acceptors (Lipinski definition) is 3. The van der Waals surface area contributed by atoms with Gasteiger partial charge in [0.25, 0.3) is 0 Å². The van der Waals surface area contributed by atoms with Crippen molar-refractivity contribution in [3.05, 3.63) is 30.2 Å². The van der Waals surface area contributed by atoms with E-state index < -0.39 is 0 Å². The largest absolute Gasteiger partial charge is 0.472 e. The zero-order chi connectivity index (χ0) is 9.52. The number of ether oxygens (including phenoxy) is 1. The molecule has 0 spiro atoms. The predicted octanol–water partition coefficient (Wildman–Crippen LogP) is 2.25. The van der Waals surface area contributed by atoms with Gasteiger partial charge >= 0.3 is 5.97 Å². The van der Waals surface area contributed by atoms with Crippen molar-refractivity contribution >= 4 is 12.0 Å². The molecule has 1 aromatic heterocycles. The Labute approximate surface area is 77.0 Å². The number of carbonyl (C=O) groups excluding carboxylic acids is 1. The number of carbonyl (C=O) groups is 1. The smallest absolute Gasteiger partial charge is 0.330 e. The fraction of sp³-hybridized carbons (Fsp3) is 0.300. The lowest BCUT2D eigenvalue weighted by Gasteiger charge is -1.96. The first-order valence-electron chi connectivity index (χ1n) is 4.20. The summed E-state index contributed by atoms with van der Waals surface area (Å²) in [5.74, 6) is -0.317. The molecule has 0 saturated carbocycles. The topological polar surface area (TPSA) is 39.4 Å². The minimum atomic E-state index is -0.317. The summed E-state index contributed by atoms with van der Waals surface area (Å²) in [6, 6.07) is 1.77. The lowest BCUT2D eigenvalue weighted by atomic mass is 10.3. The van der Waals surface area contributed by atoms with E-state index in [4.69, 9.17) is 9.15 Å². The van der Waals surface area contributed by atoms with E-state index in [1.54, 1.807) is 24.7 Å². The van der Waals surface area contributed by atoms with Gasteiger partial charge in [0.15, 0.2) is 0 Å². The van der Waals surface area contributed by atoms with Gasteiger partial charge in [0.2, 0.25) is 0 Å². The van der Waals surface area contributed by atoms with Gasteiger partial charge in [-0.2, -0.15) is 0 Å². The highest BCUT2D eigenvalue weighted by atomic mass is 16.5. The average Bonchev–Trinajstić information content (AvgIpc) is 2.64. The molecular weight excluding hydrogens is 168 g/mol. The highest BCUT2D eigenvalue weighted by Crippen LogP contribution is 2.02. The Morgan fingerprint density at radius 2 is 2.54 bits per heavy atom. The van der Waals surface area contributed by atoms with Crippen LogP contribution in [0.25, 0.3) is 6.08 Å². The molecule has 0 fully saturated rings. The molecule has 0 aromatic carbocycles. The maximum absolute atomic E-state index is 11.0. The predicted molar refractivity (Wildman–Crippen MR) is 49.0 cm³/mol. The fourth-order valence-electron chi connectivity index (χ4n) is 0.785. The van der Waals surface area contributed by atoms with Crippen LogP contribution in [0.1, 0.15) is 18.9 Å². The summed E-state index contributed by atoms with van der Waals surface area (Å²) in [6.07, 6.45) is 6.99. The van der Waals surface area contributed by atoms with Crippen molar-refractivity contribution in [2.45, 2.75) is 13.3 Å². The van der Waals surface area contributed by atoms with Gasteiger partial charge in [-0.05, 0) is 18.6 Å². The first-order valence-corrected chi connectivity index (χ1v) is 4.20. The normalized spacial score (nSPS) is 10.5. The molecule has 0 aliphatic heterocycles. The molecule has 0 unspecified atom stereocenters. The highest BCUT2D eigenvalue weighted by Gasteiger charge is 1.94. The van der Waals surface area contributed by atoms with E-state index in [1.165, 1.54) is 6.08 Å². The van der Waals surface area contributed by atoms with Crippen LogP contribution in [0.5, 0.6) is 0 Å². The molecule has 3 nitrogen and oxygen atoms in total. The standard InChI is InChI=1S/C10H12O3/c1-2-6-13-10(11)4-3-9-5-7-12-8-9/h3-5,7-8H,2,6H2,1H3. The molecule has 0 atom stereocenters. The molecule has 1 heterocycles. The lowest BCUT2D eigenvalue weighted by Crippen LogP contribution is -2.00. The van der Waals surface area contributed by atoms with E-state index in [9.17, 15) is 4.79 Å². The summed E-state index contributed by atoms with van der Waals surface area (Å²) in [7, 11) is 0. The van der Waals surface area contributed by atoms with Crippen LogP contribution in [0.2, 0.25) is 0 Å². The number of furan rings is 1. The summed E-state index contributed by atoms with van der Waals surface area (Å²) in [5, 5.41) is 0. The van der Waals surface area contributed by atoms with Gasteiger partial charge in [0, 0.05) is 11.6 Å². The van der Waals surface area contributed by atoms with Crippen molar-refractivity contribution in [1.82, 2.24) is 0 Å². The Kier molecular flexibility index (Phi) is 3.82. The van der Waals surface area contributed by atoms with Crippen LogP contribution in [-0.2, 0) is 9.53 Å². The molecule has 3 heteroatoms. The summed E-state index contributed by atoms with van der Waals surface area (Å²) >= 11 is 0. The van der Waals surface area contributed by atoms with Gasteiger partial charge in [0.05, 0.1) is 19.1 Å². The van der Waals surface area contributed by atoms with Crippen molar-refractivity contribution in [2.24, 2.45) is 0 Å². The van der Waals surface area contributed by atoms with Crippen molar-refractivity contribution < 1.29 is 13.9 Å². The Balaban J connectivity index is 2.35. The van der Waals surface area contributed by atoms with Crippen LogP contribution in [0.4, 0.5) is 0 Å². The summed E-state index contributed by atoms with van der Waals surface area (Å²) in [6.45, 7) is 2.42. The third kappa shape index (κ3) is 3.60. The van der Waals surface area contributed by atoms with Gasteiger partial charge in [-0.3, -0.25) is 0 Å². The second-order valence-corrected chi connectivity index (χ2v) is 2.56. The van der Waals surface area contributed by atoms with Gasteiger partial charge in [-0.1, -0.05) is 6.92 Å². The molecule has 0 radical (unpaired) electrons. The minimum Gasteiger partial charge on any atom is -0.472 e. The van der Waals surface area contributed by atoms with Crippen LogP contribution < -0.4 is 0 Å². The first-order chi connectivity index (χ1) is 6.33. The van der Waals surface area contributed by atoms with Crippen molar-refractivity contribution in [1.29, 1.82) is 0 Å². The maximum atomic E-state index is 11.0. The monoisotopic (exact) mass is 180 g/mol. The number of rotatable bonds is 4. The van der Waals surface area contributed by atoms with Crippen LogP contribution >= 0.6 is 0 Å². The Bertz CT molecular complexity index is 272. The number of esters is 1. The molecule has 70 valence electrons. The third-order valence-corrected chi connectivity index (χ3v) is 1.40. The first kappa shape index (κ1) is 9.58. The van der Waals surface area contributed by atoms with Gasteiger partial charge in [0.1, 0.15) is 0 Å². The third-order valence-electron chi connectivity index (χ3n) is 1.40. The average molecular weight is 180 g/mol. The van der Waals surface area contributed by atoms with Crippen molar-refractivity contribution in [2.75, 3.05) is 6.61 Å².